The Hall–Kier alpha value is -2.73. The minimum atomic E-state index is -0.640. The molecule has 156 valence electrons. The number of carbonyl (C=O) groups excluding carboxylic acids is 2. The number of carbonyl (C=O) groups is 2. The van der Waals surface area contributed by atoms with Crippen molar-refractivity contribution in [2.75, 3.05) is 25.6 Å². The van der Waals surface area contributed by atoms with Gasteiger partial charge in [0.05, 0.1) is 12.8 Å². The lowest BCUT2D eigenvalue weighted by Crippen LogP contribution is -2.24. The van der Waals surface area contributed by atoms with E-state index in [1.807, 2.05) is 39.8 Å². The van der Waals surface area contributed by atoms with Gasteiger partial charge in [-0.3, -0.25) is 4.79 Å². The number of hydrogen-bond donors (Lipinski definition) is 1. The zero-order chi connectivity index (χ0) is 21.6. The molecule has 0 heterocycles. The molecule has 0 bridgehead atoms. The fourth-order valence-corrected chi connectivity index (χ4v) is 2.85. The molecule has 0 atom stereocenters. The fraction of sp³-hybridized carbons (Fsp3) is 0.364. The highest BCUT2D eigenvalue weighted by atomic mass is 35.5. The SMILES string of the molecule is COc1ccc(C)cc1NC(=O)COC(=O)COc1cc(C)c(Cl)cc1C(C)C. The van der Waals surface area contributed by atoms with E-state index in [0.717, 1.165) is 16.7 Å². The Bertz CT molecular complexity index is 895. The average molecular weight is 420 g/mol. The second-order valence-electron chi connectivity index (χ2n) is 7.00. The number of benzene rings is 2. The van der Waals surface area contributed by atoms with Crippen LogP contribution in [0.4, 0.5) is 5.69 Å². The van der Waals surface area contributed by atoms with E-state index in [-0.39, 0.29) is 12.5 Å². The van der Waals surface area contributed by atoms with Crippen LogP contribution < -0.4 is 14.8 Å². The molecule has 0 spiro atoms. The van der Waals surface area contributed by atoms with Crippen LogP contribution in [-0.2, 0) is 14.3 Å². The lowest BCUT2D eigenvalue weighted by atomic mass is 10.0. The second kappa shape index (κ2) is 10.2. The first-order valence-corrected chi connectivity index (χ1v) is 9.62. The number of aryl methyl sites for hydroxylation is 2. The Kier molecular flexibility index (Phi) is 7.91. The molecule has 0 saturated heterocycles. The number of esters is 1. The molecule has 0 radical (unpaired) electrons. The number of methoxy groups -OCH3 is 1. The van der Waals surface area contributed by atoms with Crippen molar-refractivity contribution in [2.24, 2.45) is 0 Å². The highest BCUT2D eigenvalue weighted by Crippen LogP contribution is 2.32. The molecule has 0 aliphatic carbocycles. The molecule has 0 fully saturated rings. The third-order valence-corrected chi connectivity index (χ3v) is 4.66. The molecule has 2 rings (SSSR count). The van der Waals surface area contributed by atoms with Gasteiger partial charge in [-0.25, -0.2) is 4.79 Å². The topological polar surface area (TPSA) is 73.9 Å². The number of anilines is 1. The molecular formula is C22H26ClNO5. The van der Waals surface area contributed by atoms with E-state index >= 15 is 0 Å². The number of hydrogen-bond acceptors (Lipinski definition) is 5. The number of nitrogens with one attached hydrogen (secondary N) is 1. The average Bonchev–Trinajstić information content (AvgIpc) is 2.67. The van der Waals surface area contributed by atoms with Gasteiger partial charge in [0.2, 0.25) is 0 Å². The maximum absolute atomic E-state index is 12.1. The van der Waals surface area contributed by atoms with E-state index in [2.05, 4.69) is 5.32 Å². The lowest BCUT2D eigenvalue weighted by Gasteiger charge is -2.15. The Morgan fingerprint density at radius 1 is 1.07 bits per heavy atom. The number of ether oxygens (including phenoxy) is 3. The van der Waals surface area contributed by atoms with E-state index in [9.17, 15) is 9.59 Å². The van der Waals surface area contributed by atoms with Crippen LogP contribution in [-0.4, -0.2) is 32.2 Å². The summed E-state index contributed by atoms with van der Waals surface area (Å²) in [6.45, 7) is 7.06. The molecule has 6 nitrogen and oxygen atoms in total. The third-order valence-electron chi connectivity index (χ3n) is 4.25. The quantitative estimate of drug-likeness (QED) is 0.630. The number of rotatable bonds is 8. The van der Waals surface area contributed by atoms with Crippen molar-refractivity contribution in [2.45, 2.75) is 33.6 Å². The van der Waals surface area contributed by atoms with Crippen molar-refractivity contribution in [1.82, 2.24) is 0 Å². The zero-order valence-electron chi connectivity index (χ0n) is 17.3. The van der Waals surface area contributed by atoms with Gasteiger partial charge in [-0.05, 0) is 60.7 Å². The van der Waals surface area contributed by atoms with E-state index in [1.54, 1.807) is 18.2 Å². The molecule has 2 aromatic carbocycles. The maximum atomic E-state index is 12.1. The Balaban J connectivity index is 1.90. The van der Waals surface area contributed by atoms with Crippen LogP contribution in [0.3, 0.4) is 0 Å². The van der Waals surface area contributed by atoms with Crippen LogP contribution in [0.25, 0.3) is 0 Å². The van der Waals surface area contributed by atoms with Crippen molar-refractivity contribution in [3.63, 3.8) is 0 Å². The maximum Gasteiger partial charge on any atom is 0.344 e. The smallest absolute Gasteiger partial charge is 0.344 e. The van der Waals surface area contributed by atoms with Crippen LogP contribution in [0.15, 0.2) is 30.3 Å². The first-order valence-electron chi connectivity index (χ1n) is 9.24. The van der Waals surface area contributed by atoms with Gasteiger partial charge >= 0.3 is 5.97 Å². The summed E-state index contributed by atoms with van der Waals surface area (Å²) in [5.41, 5.74) is 3.23. The molecule has 0 aliphatic heterocycles. The van der Waals surface area contributed by atoms with Crippen LogP contribution >= 0.6 is 11.6 Å². The van der Waals surface area contributed by atoms with Crippen LogP contribution in [0.1, 0.15) is 36.5 Å². The van der Waals surface area contributed by atoms with Crippen molar-refractivity contribution in [3.05, 3.63) is 52.0 Å². The summed E-state index contributed by atoms with van der Waals surface area (Å²) in [6, 6.07) is 9.03. The van der Waals surface area contributed by atoms with Crippen molar-refractivity contribution >= 4 is 29.2 Å². The first-order chi connectivity index (χ1) is 13.7. The Labute approximate surface area is 176 Å². The second-order valence-corrected chi connectivity index (χ2v) is 7.40. The minimum absolute atomic E-state index is 0.175. The predicted octanol–water partition coefficient (Wildman–Crippen LogP) is 4.65. The molecular weight excluding hydrogens is 394 g/mol. The molecule has 0 aromatic heterocycles. The van der Waals surface area contributed by atoms with Crippen molar-refractivity contribution < 1.29 is 23.8 Å². The predicted molar refractivity (Wildman–Crippen MR) is 113 cm³/mol. The molecule has 7 heteroatoms. The number of amides is 1. The van der Waals surface area contributed by atoms with Gasteiger partial charge in [-0.15, -0.1) is 0 Å². The van der Waals surface area contributed by atoms with E-state index < -0.39 is 18.5 Å². The standard InChI is InChI=1S/C22H26ClNO5/c1-13(2)16-10-17(23)15(4)9-20(16)28-12-22(26)29-11-21(25)24-18-8-14(3)6-7-19(18)27-5/h6-10,13H,11-12H2,1-5H3,(H,24,25). The largest absolute Gasteiger partial charge is 0.495 e. The number of halogens is 1. The van der Waals surface area contributed by atoms with E-state index in [4.69, 9.17) is 25.8 Å². The van der Waals surface area contributed by atoms with E-state index in [1.165, 1.54) is 7.11 Å². The Morgan fingerprint density at radius 2 is 1.79 bits per heavy atom. The van der Waals surface area contributed by atoms with Gasteiger partial charge in [0, 0.05) is 5.02 Å². The van der Waals surface area contributed by atoms with Gasteiger partial charge in [0.25, 0.3) is 5.91 Å². The third kappa shape index (κ3) is 6.39. The lowest BCUT2D eigenvalue weighted by molar-refractivity contribution is -0.149. The van der Waals surface area contributed by atoms with Crippen molar-refractivity contribution in [3.8, 4) is 11.5 Å². The van der Waals surface area contributed by atoms with Gasteiger partial charge in [0.1, 0.15) is 11.5 Å². The van der Waals surface area contributed by atoms with Gasteiger partial charge in [0.15, 0.2) is 13.2 Å². The summed E-state index contributed by atoms with van der Waals surface area (Å²) >= 11 is 6.17. The van der Waals surface area contributed by atoms with Gasteiger partial charge < -0.3 is 19.5 Å². The molecule has 0 aliphatic rings. The fourth-order valence-electron chi connectivity index (χ4n) is 2.68. The molecule has 29 heavy (non-hydrogen) atoms. The first kappa shape index (κ1) is 22.6. The molecule has 0 saturated carbocycles. The highest BCUT2D eigenvalue weighted by molar-refractivity contribution is 6.31. The summed E-state index contributed by atoms with van der Waals surface area (Å²) < 4.78 is 15.8. The summed E-state index contributed by atoms with van der Waals surface area (Å²) in [5, 5.41) is 3.32. The minimum Gasteiger partial charge on any atom is -0.495 e. The molecule has 1 N–H and O–H groups in total. The normalized spacial score (nSPS) is 10.6. The van der Waals surface area contributed by atoms with Crippen molar-refractivity contribution in [1.29, 1.82) is 0 Å². The molecule has 2 aromatic rings. The van der Waals surface area contributed by atoms with Crippen LogP contribution in [0.5, 0.6) is 11.5 Å². The Morgan fingerprint density at radius 3 is 2.45 bits per heavy atom. The molecule has 0 unspecified atom stereocenters. The monoisotopic (exact) mass is 419 g/mol. The molecule has 1 amide bonds. The summed E-state index contributed by atoms with van der Waals surface area (Å²) in [5.74, 6) is 0.172. The summed E-state index contributed by atoms with van der Waals surface area (Å²) in [7, 11) is 1.52. The van der Waals surface area contributed by atoms with Crippen LogP contribution in [0.2, 0.25) is 5.02 Å². The summed E-state index contributed by atoms with van der Waals surface area (Å²) in [4.78, 5) is 24.1. The highest BCUT2D eigenvalue weighted by Gasteiger charge is 2.15. The summed E-state index contributed by atoms with van der Waals surface area (Å²) in [6.07, 6.45) is 0. The van der Waals surface area contributed by atoms with Crippen LogP contribution in [0, 0.1) is 13.8 Å². The van der Waals surface area contributed by atoms with E-state index in [0.29, 0.717) is 22.2 Å². The van der Waals surface area contributed by atoms with Gasteiger partial charge in [-0.1, -0.05) is 31.5 Å². The van der Waals surface area contributed by atoms with Gasteiger partial charge in [-0.2, -0.15) is 0 Å². The zero-order valence-corrected chi connectivity index (χ0v) is 18.1.